The molecule has 0 fully saturated rings. The highest BCUT2D eigenvalue weighted by Crippen LogP contribution is 2.36. The van der Waals surface area contributed by atoms with Gasteiger partial charge in [-0.25, -0.2) is 0 Å². The predicted octanol–water partition coefficient (Wildman–Crippen LogP) is 2.56. The summed E-state index contributed by atoms with van der Waals surface area (Å²) in [5.74, 6) is 0.543. The van der Waals surface area contributed by atoms with Crippen molar-refractivity contribution >= 4 is 5.97 Å². The zero-order chi connectivity index (χ0) is 14.8. The Morgan fingerprint density at radius 1 is 1.14 bits per heavy atom. The minimum absolute atomic E-state index is 0.0927. The Bertz CT molecular complexity index is 684. The molecule has 3 rings (SSSR count). The summed E-state index contributed by atoms with van der Waals surface area (Å²) in [6.07, 6.45) is -0.0927. The first kappa shape index (κ1) is 13.5. The second kappa shape index (κ2) is 5.46. The van der Waals surface area contributed by atoms with E-state index in [-0.39, 0.29) is 13.2 Å². The lowest BCUT2D eigenvalue weighted by Crippen LogP contribution is -2.14. The van der Waals surface area contributed by atoms with Crippen molar-refractivity contribution in [1.82, 2.24) is 0 Å². The van der Waals surface area contributed by atoms with Gasteiger partial charge in [-0.05, 0) is 34.9 Å². The molecule has 0 saturated heterocycles. The molecule has 0 aromatic heterocycles. The lowest BCUT2D eigenvalue weighted by molar-refractivity contribution is -0.137. The van der Waals surface area contributed by atoms with E-state index in [1.165, 1.54) is 0 Å². The topological polar surface area (TPSA) is 81.8 Å². The lowest BCUT2D eigenvalue weighted by atomic mass is 9.98. The standard InChI is InChI=1S/C16H15NO4/c17-13(8-16(18)19)12-3-1-2-10(6-12)11-4-5-14-15(7-11)21-9-20-14/h1-7,13H,8-9,17H2,(H,18,19). The van der Waals surface area contributed by atoms with Crippen molar-refractivity contribution in [3.05, 3.63) is 48.0 Å². The molecule has 108 valence electrons. The molecule has 1 heterocycles. The van der Waals surface area contributed by atoms with Crippen LogP contribution in [-0.4, -0.2) is 17.9 Å². The molecule has 21 heavy (non-hydrogen) atoms. The van der Waals surface area contributed by atoms with E-state index in [1.807, 2.05) is 42.5 Å². The number of fused-ring (bicyclic) bond motifs is 1. The summed E-state index contributed by atoms with van der Waals surface area (Å²) >= 11 is 0. The SMILES string of the molecule is NC(CC(=O)O)c1cccc(-c2ccc3c(c2)OCO3)c1. The summed E-state index contributed by atoms with van der Waals surface area (Å²) in [7, 11) is 0. The Hall–Kier alpha value is -2.53. The van der Waals surface area contributed by atoms with Gasteiger partial charge in [0.05, 0.1) is 6.42 Å². The molecule has 2 aromatic carbocycles. The van der Waals surface area contributed by atoms with Crippen LogP contribution in [-0.2, 0) is 4.79 Å². The van der Waals surface area contributed by atoms with Crippen LogP contribution in [0.3, 0.4) is 0 Å². The quantitative estimate of drug-likeness (QED) is 0.902. The van der Waals surface area contributed by atoms with Crippen molar-refractivity contribution in [1.29, 1.82) is 0 Å². The molecule has 0 saturated carbocycles. The van der Waals surface area contributed by atoms with Gasteiger partial charge in [-0.2, -0.15) is 0 Å². The molecule has 0 aliphatic carbocycles. The molecule has 3 N–H and O–H groups in total. The van der Waals surface area contributed by atoms with E-state index in [2.05, 4.69) is 0 Å². The van der Waals surface area contributed by atoms with Crippen LogP contribution < -0.4 is 15.2 Å². The molecule has 1 aliphatic rings. The first-order chi connectivity index (χ1) is 10.1. The highest BCUT2D eigenvalue weighted by Gasteiger charge is 2.15. The van der Waals surface area contributed by atoms with Crippen molar-refractivity contribution in [3.63, 3.8) is 0 Å². The first-order valence-electron chi connectivity index (χ1n) is 6.61. The zero-order valence-corrected chi connectivity index (χ0v) is 11.3. The third-order valence-corrected chi connectivity index (χ3v) is 3.42. The molecular weight excluding hydrogens is 270 g/mol. The van der Waals surface area contributed by atoms with Gasteiger partial charge in [0.15, 0.2) is 11.5 Å². The predicted molar refractivity (Wildman–Crippen MR) is 77.2 cm³/mol. The van der Waals surface area contributed by atoms with Gasteiger partial charge in [-0.1, -0.05) is 24.3 Å². The molecule has 0 amide bonds. The number of rotatable bonds is 4. The minimum Gasteiger partial charge on any atom is -0.481 e. The van der Waals surface area contributed by atoms with E-state index in [4.69, 9.17) is 20.3 Å². The van der Waals surface area contributed by atoms with Gasteiger partial charge in [0.1, 0.15) is 0 Å². The molecule has 1 unspecified atom stereocenters. The van der Waals surface area contributed by atoms with Gasteiger partial charge in [0, 0.05) is 6.04 Å². The summed E-state index contributed by atoms with van der Waals surface area (Å²) in [5.41, 5.74) is 8.65. The Kier molecular flexibility index (Phi) is 3.50. The molecule has 5 nitrogen and oxygen atoms in total. The van der Waals surface area contributed by atoms with E-state index >= 15 is 0 Å². The van der Waals surface area contributed by atoms with Crippen LogP contribution in [0.1, 0.15) is 18.0 Å². The van der Waals surface area contributed by atoms with Crippen molar-refractivity contribution < 1.29 is 19.4 Å². The van der Waals surface area contributed by atoms with Crippen LogP contribution in [0.2, 0.25) is 0 Å². The zero-order valence-electron chi connectivity index (χ0n) is 11.3. The van der Waals surface area contributed by atoms with E-state index in [0.29, 0.717) is 5.75 Å². The van der Waals surface area contributed by atoms with Crippen molar-refractivity contribution in [3.8, 4) is 22.6 Å². The molecule has 0 bridgehead atoms. The number of hydrogen-bond donors (Lipinski definition) is 2. The van der Waals surface area contributed by atoms with Crippen LogP contribution >= 0.6 is 0 Å². The Balaban J connectivity index is 1.90. The average Bonchev–Trinajstić information content (AvgIpc) is 2.94. The number of carboxylic acid groups (broad SMARTS) is 1. The van der Waals surface area contributed by atoms with Crippen molar-refractivity contribution in [2.45, 2.75) is 12.5 Å². The van der Waals surface area contributed by atoms with Crippen molar-refractivity contribution in [2.75, 3.05) is 6.79 Å². The van der Waals surface area contributed by atoms with Gasteiger partial charge in [-0.3, -0.25) is 4.79 Å². The molecule has 0 spiro atoms. The van der Waals surface area contributed by atoms with E-state index in [1.54, 1.807) is 0 Å². The van der Waals surface area contributed by atoms with Crippen molar-refractivity contribution in [2.24, 2.45) is 5.73 Å². The Morgan fingerprint density at radius 2 is 1.90 bits per heavy atom. The third kappa shape index (κ3) is 2.83. The highest BCUT2D eigenvalue weighted by atomic mass is 16.7. The van der Waals surface area contributed by atoms with Crippen LogP contribution in [0.5, 0.6) is 11.5 Å². The number of carboxylic acids is 1. The van der Waals surface area contributed by atoms with Gasteiger partial charge in [0.2, 0.25) is 6.79 Å². The van der Waals surface area contributed by atoms with Crippen LogP contribution in [0.4, 0.5) is 0 Å². The van der Waals surface area contributed by atoms with Gasteiger partial charge < -0.3 is 20.3 Å². The fourth-order valence-corrected chi connectivity index (χ4v) is 2.33. The highest BCUT2D eigenvalue weighted by molar-refractivity contribution is 5.70. The monoisotopic (exact) mass is 285 g/mol. The van der Waals surface area contributed by atoms with Gasteiger partial charge >= 0.3 is 5.97 Å². The fourth-order valence-electron chi connectivity index (χ4n) is 2.33. The van der Waals surface area contributed by atoms with E-state index < -0.39 is 12.0 Å². The average molecular weight is 285 g/mol. The first-order valence-corrected chi connectivity index (χ1v) is 6.61. The summed E-state index contributed by atoms with van der Waals surface area (Å²) < 4.78 is 10.7. The molecule has 0 radical (unpaired) electrons. The van der Waals surface area contributed by atoms with E-state index in [0.717, 1.165) is 22.4 Å². The number of carbonyl (C=O) groups is 1. The van der Waals surface area contributed by atoms with Crippen LogP contribution in [0.15, 0.2) is 42.5 Å². The Labute approximate surface area is 121 Å². The van der Waals surface area contributed by atoms with Crippen LogP contribution in [0.25, 0.3) is 11.1 Å². The maximum absolute atomic E-state index is 10.8. The normalized spacial score (nSPS) is 14.0. The minimum atomic E-state index is -0.906. The largest absolute Gasteiger partial charge is 0.481 e. The summed E-state index contributed by atoms with van der Waals surface area (Å²) in [6, 6.07) is 12.8. The fraction of sp³-hybridized carbons (Fsp3) is 0.188. The molecule has 1 aliphatic heterocycles. The summed E-state index contributed by atoms with van der Waals surface area (Å²) in [5, 5.41) is 8.83. The lowest BCUT2D eigenvalue weighted by Gasteiger charge is -2.11. The number of ether oxygens (including phenoxy) is 2. The Morgan fingerprint density at radius 3 is 2.71 bits per heavy atom. The van der Waals surface area contributed by atoms with Gasteiger partial charge in [-0.15, -0.1) is 0 Å². The maximum atomic E-state index is 10.8. The molecular formula is C16H15NO4. The third-order valence-electron chi connectivity index (χ3n) is 3.42. The summed E-state index contributed by atoms with van der Waals surface area (Å²) in [6.45, 7) is 0.238. The van der Waals surface area contributed by atoms with Crippen LogP contribution in [0, 0.1) is 0 Å². The molecule has 1 atom stereocenters. The summed E-state index contributed by atoms with van der Waals surface area (Å²) in [4.78, 5) is 10.8. The second-order valence-corrected chi connectivity index (χ2v) is 4.90. The smallest absolute Gasteiger partial charge is 0.305 e. The number of nitrogens with two attached hydrogens (primary N) is 1. The molecule has 5 heteroatoms. The maximum Gasteiger partial charge on any atom is 0.305 e. The van der Waals surface area contributed by atoms with E-state index in [9.17, 15) is 4.79 Å². The second-order valence-electron chi connectivity index (χ2n) is 4.90. The number of aliphatic carboxylic acids is 1. The molecule has 2 aromatic rings. The van der Waals surface area contributed by atoms with Gasteiger partial charge in [0.25, 0.3) is 0 Å². The number of hydrogen-bond acceptors (Lipinski definition) is 4. The number of benzene rings is 2.